The van der Waals surface area contributed by atoms with Crippen LogP contribution < -0.4 is 10.1 Å². The molecule has 132 valence electrons. The van der Waals surface area contributed by atoms with E-state index < -0.39 is 0 Å². The van der Waals surface area contributed by atoms with E-state index >= 15 is 0 Å². The van der Waals surface area contributed by atoms with Crippen LogP contribution in [0.4, 0.5) is 4.79 Å². The minimum Gasteiger partial charge on any atom is -0.497 e. The first-order valence-corrected chi connectivity index (χ1v) is 8.79. The Hall–Kier alpha value is -1.75. The van der Waals surface area contributed by atoms with Crippen LogP contribution in [0, 0.1) is 0 Å². The third kappa shape index (κ3) is 3.09. The maximum Gasteiger partial charge on any atom is 0.321 e. The Morgan fingerprint density at radius 3 is 2.33 bits per heavy atom. The molecule has 24 heavy (non-hydrogen) atoms. The van der Waals surface area contributed by atoms with Crippen molar-refractivity contribution in [2.24, 2.45) is 0 Å². The fourth-order valence-corrected chi connectivity index (χ4v) is 3.79. The highest BCUT2D eigenvalue weighted by Crippen LogP contribution is 2.38. The number of hydrogen-bond donors (Lipinski definition) is 1. The van der Waals surface area contributed by atoms with E-state index in [0.717, 1.165) is 43.8 Å². The Bertz CT molecular complexity index is 586. The first-order valence-electron chi connectivity index (χ1n) is 8.79. The quantitative estimate of drug-likeness (QED) is 0.926. The van der Waals surface area contributed by atoms with Crippen molar-refractivity contribution < 1.29 is 9.53 Å². The average Bonchev–Trinajstić information content (AvgIpc) is 2.82. The highest BCUT2D eigenvalue weighted by atomic mass is 16.5. The van der Waals surface area contributed by atoms with Crippen molar-refractivity contribution in [2.45, 2.75) is 51.2 Å². The van der Waals surface area contributed by atoms with Gasteiger partial charge in [-0.1, -0.05) is 12.1 Å². The molecule has 3 rings (SSSR count). The largest absolute Gasteiger partial charge is 0.497 e. The zero-order chi connectivity index (χ0) is 17.4. The lowest BCUT2D eigenvalue weighted by Crippen LogP contribution is -2.53. The van der Waals surface area contributed by atoms with Gasteiger partial charge in [-0.05, 0) is 64.4 Å². The van der Waals surface area contributed by atoms with Crippen molar-refractivity contribution in [1.29, 1.82) is 0 Å². The second-order valence-electron chi connectivity index (χ2n) is 7.95. The summed E-state index contributed by atoms with van der Waals surface area (Å²) in [5, 5.41) is 3.43. The molecule has 5 heteroatoms. The number of nitrogens with one attached hydrogen (secondary N) is 1. The number of carbonyl (C=O) groups is 1. The molecule has 0 bridgehead atoms. The molecule has 1 aromatic carbocycles. The van der Waals surface area contributed by atoms with Crippen LogP contribution in [-0.4, -0.2) is 53.7 Å². The van der Waals surface area contributed by atoms with Crippen molar-refractivity contribution in [3.63, 3.8) is 0 Å². The van der Waals surface area contributed by atoms with Crippen molar-refractivity contribution in [3.8, 4) is 5.75 Å². The highest BCUT2D eigenvalue weighted by Gasteiger charge is 2.52. The van der Waals surface area contributed by atoms with Gasteiger partial charge in [-0.25, -0.2) is 4.79 Å². The summed E-state index contributed by atoms with van der Waals surface area (Å²) in [7, 11) is 1.67. The average molecular weight is 331 g/mol. The van der Waals surface area contributed by atoms with Crippen LogP contribution in [0.5, 0.6) is 5.75 Å². The van der Waals surface area contributed by atoms with E-state index in [2.05, 4.69) is 43.1 Å². The summed E-state index contributed by atoms with van der Waals surface area (Å²) in [6.07, 6.45) is 2.03. The molecule has 1 aromatic rings. The van der Waals surface area contributed by atoms with Crippen LogP contribution in [-0.2, 0) is 6.54 Å². The molecule has 0 radical (unpaired) electrons. The summed E-state index contributed by atoms with van der Waals surface area (Å²) < 4.78 is 5.23. The monoisotopic (exact) mass is 331 g/mol. The van der Waals surface area contributed by atoms with Gasteiger partial charge in [0.05, 0.1) is 12.6 Å². The zero-order valence-electron chi connectivity index (χ0n) is 15.3. The topological polar surface area (TPSA) is 44.8 Å². The lowest BCUT2D eigenvalue weighted by Gasteiger charge is -2.40. The van der Waals surface area contributed by atoms with E-state index in [9.17, 15) is 4.79 Å². The van der Waals surface area contributed by atoms with E-state index in [1.807, 2.05) is 17.0 Å². The molecule has 2 saturated heterocycles. The van der Waals surface area contributed by atoms with Crippen LogP contribution >= 0.6 is 0 Å². The number of piperidine rings is 1. The standard InChI is InChI=1S/C19H29N3O2/c1-18(2,3)22-14-19(9-11-20-12-10-19)21(17(22)23)13-15-5-7-16(24-4)8-6-15/h5-8,20H,9-14H2,1-4H3. The summed E-state index contributed by atoms with van der Waals surface area (Å²) in [5.74, 6) is 0.847. The van der Waals surface area contributed by atoms with Gasteiger partial charge in [-0.2, -0.15) is 0 Å². The first kappa shape index (κ1) is 17.1. The third-order valence-corrected chi connectivity index (χ3v) is 5.33. The molecule has 2 aliphatic heterocycles. The summed E-state index contributed by atoms with van der Waals surface area (Å²) in [6, 6.07) is 8.21. The van der Waals surface area contributed by atoms with E-state index in [4.69, 9.17) is 4.74 Å². The minimum absolute atomic E-state index is 0.0461. The number of carbonyl (C=O) groups excluding carboxylic acids is 1. The normalized spacial score (nSPS) is 20.8. The molecule has 1 spiro atoms. The number of benzene rings is 1. The van der Waals surface area contributed by atoms with Crippen LogP contribution in [0.1, 0.15) is 39.2 Å². The van der Waals surface area contributed by atoms with E-state index in [0.29, 0.717) is 6.54 Å². The van der Waals surface area contributed by atoms with Gasteiger partial charge < -0.3 is 19.9 Å². The Kier molecular flexibility index (Phi) is 4.47. The molecule has 2 aliphatic rings. The van der Waals surface area contributed by atoms with Crippen LogP contribution in [0.15, 0.2) is 24.3 Å². The van der Waals surface area contributed by atoms with Crippen molar-refractivity contribution >= 4 is 6.03 Å². The van der Waals surface area contributed by atoms with Gasteiger partial charge >= 0.3 is 6.03 Å². The number of urea groups is 1. The Morgan fingerprint density at radius 2 is 1.79 bits per heavy atom. The zero-order valence-corrected chi connectivity index (χ0v) is 15.3. The van der Waals surface area contributed by atoms with Crippen LogP contribution in [0.2, 0.25) is 0 Å². The number of methoxy groups -OCH3 is 1. The molecule has 0 saturated carbocycles. The Balaban J connectivity index is 1.87. The highest BCUT2D eigenvalue weighted by molar-refractivity contribution is 5.79. The minimum atomic E-state index is -0.149. The van der Waals surface area contributed by atoms with Gasteiger partial charge in [-0.15, -0.1) is 0 Å². The molecule has 0 aliphatic carbocycles. The SMILES string of the molecule is COc1ccc(CN2C(=O)N(C(C)(C)C)CC23CCNCC3)cc1. The second kappa shape index (κ2) is 6.28. The predicted molar refractivity (Wildman–Crippen MR) is 95.2 cm³/mol. The number of nitrogens with zero attached hydrogens (tertiary/aromatic N) is 2. The summed E-state index contributed by atoms with van der Waals surface area (Å²) in [4.78, 5) is 17.3. The lowest BCUT2D eigenvalue weighted by atomic mass is 9.86. The summed E-state index contributed by atoms with van der Waals surface area (Å²) in [5.41, 5.74) is 0.955. The summed E-state index contributed by atoms with van der Waals surface area (Å²) >= 11 is 0. The number of hydrogen-bond acceptors (Lipinski definition) is 3. The fourth-order valence-electron chi connectivity index (χ4n) is 3.79. The molecular weight excluding hydrogens is 302 g/mol. The van der Waals surface area contributed by atoms with Gasteiger partial charge in [0, 0.05) is 18.6 Å². The molecule has 0 unspecified atom stereocenters. The van der Waals surface area contributed by atoms with Gasteiger partial charge in [-0.3, -0.25) is 0 Å². The number of amides is 2. The summed E-state index contributed by atoms with van der Waals surface area (Å²) in [6.45, 7) is 9.81. The molecule has 0 aromatic heterocycles. The van der Waals surface area contributed by atoms with E-state index in [1.54, 1.807) is 7.11 Å². The van der Waals surface area contributed by atoms with Crippen molar-refractivity contribution in [1.82, 2.24) is 15.1 Å². The number of ether oxygens (including phenoxy) is 1. The maximum absolute atomic E-state index is 13.2. The van der Waals surface area contributed by atoms with Crippen LogP contribution in [0.3, 0.4) is 0 Å². The number of rotatable bonds is 3. The smallest absolute Gasteiger partial charge is 0.321 e. The fraction of sp³-hybridized carbons (Fsp3) is 0.632. The molecule has 1 N–H and O–H groups in total. The molecule has 2 amide bonds. The lowest BCUT2D eigenvalue weighted by molar-refractivity contribution is 0.119. The maximum atomic E-state index is 13.2. The predicted octanol–water partition coefficient (Wildman–Crippen LogP) is 2.85. The molecule has 2 fully saturated rings. The van der Waals surface area contributed by atoms with E-state index in [-0.39, 0.29) is 17.1 Å². The Morgan fingerprint density at radius 1 is 1.17 bits per heavy atom. The third-order valence-electron chi connectivity index (χ3n) is 5.33. The van der Waals surface area contributed by atoms with Gasteiger partial charge in [0.2, 0.25) is 0 Å². The van der Waals surface area contributed by atoms with Gasteiger partial charge in [0.1, 0.15) is 5.75 Å². The van der Waals surface area contributed by atoms with E-state index in [1.165, 1.54) is 0 Å². The second-order valence-corrected chi connectivity index (χ2v) is 7.95. The van der Waals surface area contributed by atoms with Crippen molar-refractivity contribution in [3.05, 3.63) is 29.8 Å². The molecular formula is C19H29N3O2. The van der Waals surface area contributed by atoms with Gasteiger partial charge in [0.25, 0.3) is 0 Å². The molecule has 0 atom stereocenters. The molecule has 2 heterocycles. The van der Waals surface area contributed by atoms with Gasteiger partial charge in [0.15, 0.2) is 0 Å². The molecule has 5 nitrogen and oxygen atoms in total. The first-order chi connectivity index (χ1) is 11.4. The van der Waals surface area contributed by atoms with Crippen molar-refractivity contribution in [2.75, 3.05) is 26.7 Å². The van der Waals surface area contributed by atoms with Crippen LogP contribution in [0.25, 0.3) is 0 Å². The Labute approximate surface area is 145 Å².